The maximum atomic E-state index is 11.7. The van der Waals surface area contributed by atoms with Crippen LogP contribution in [-0.4, -0.2) is 16.1 Å². The van der Waals surface area contributed by atoms with Gasteiger partial charge in [-0.05, 0) is 11.6 Å². The van der Waals surface area contributed by atoms with E-state index >= 15 is 0 Å². The topological polar surface area (TPSA) is 25.8 Å². The van der Waals surface area contributed by atoms with E-state index in [0.29, 0.717) is 5.56 Å². The third kappa shape index (κ3) is 4.23. The number of alkyl halides is 3. The molecule has 0 fully saturated rings. The number of rotatable bonds is 2. The van der Waals surface area contributed by atoms with E-state index in [1.54, 1.807) is 0 Å². The lowest BCUT2D eigenvalue weighted by molar-refractivity contribution is -0.124. The van der Waals surface area contributed by atoms with Gasteiger partial charge < -0.3 is 0 Å². The molecule has 1 rings (SSSR count). The molecule has 0 aromatic carbocycles. The molecule has 0 unspecified atom stereocenters. The van der Waals surface area contributed by atoms with Gasteiger partial charge in [0.1, 0.15) is 0 Å². The molecule has 0 saturated carbocycles. The smallest absolute Gasteiger partial charge is 0.226 e. The summed E-state index contributed by atoms with van der Waals surface area (Å²) in [6.07, 6.45) is -0.139. The van der Waals surface area contributed by atoms with Crippen LogP contribution in [0.25, 0.3) is 6.08 Å². The first kappa shape index (κ1) is 11.0. The number of hydrogen-bond donors (Lipinski definition) is 0. The van der Waals surface area contributed by atoms with Crippen LogP contribution in [0, 0.1) is 0 Å². The first-order chi connectivity index (χ1) is 6.47. The highest BCUT2D eigenvalue weighted by Crippen LogP contribution is 2.20. The molecular formula is C8H6ClF3N2. The van der Waals surface area contributed by atoms with Crippen molar-refractivity contribution in [2.45, 2.75) is 12.6 Å². The lowest BCUT2D eigenvalue weighted by atomic mass is 10.3. The second-order valence-electron chi connectivity index (χ2n) is 2.51. The van der Waals surface area contributed by atoms with E-state index in [4.69, 9.17) is 11.6 Å². The van der Waals surface area contributed by atoms with Crippen LogP contribution in [0.5, 0.6) is 0 Å². The van der Waals surface area contributed by atoms with Crippen LogP contribution in [0.15, 0.2) is 18.5 Å². The average Bonchev–Trinajstić information content (AvgIpc) is 2.06. The highest BCUT2D eigenvalue weighted by Gasteiger charge is 2.24. The lowest BCUT2D eigenvalue weighted by Crippen LogP contribution is -2.03. The van der Waals surface area contributed by atoms with Crippen molar-refractivity contribution >= 4 is 17.7 Å². The fraction of sp³-hybridized carbons (Fsp3) is 0.250. The molecule has 0 amide bonds. The monoisotopic (exact) mass is 222 g/mol. The van der Waals surface area contributed by atoms with Gasteiger partial charge >= 0.3 is 6.18 Å². The maximum absolute atomic E-state index is 11.7. The SMILES string of the molecule is FC(F)(F)C/C=C/c1cnc(Cl)nc1. The molecule has 0 aliphatic rings. The van der Waals surface area contributed by atoms with E-state index in [1.807, 2.05) is 0 Å². The molecule has 1 aromatic heterocycles. The molecule has 0 N–H and O–H groups in total. The largest absolute Gasteiger partial charge is 0.392 e. The number of halogens is 4. The molecule has 0 bridgehead atoms. The van der Waals surface area contributed by atoms with E-state index in [2.05, 4.69) is 9.97 Å². The zero-order valence-electron chi connectivity index (χ0n) is 6.92. The zero-order chi connectivity index (χ0) is 10.6. The molecule has 0 saturated heterocycles. The Morgan fingerprint density at radius 2 is 1.86 bits per heavy atom. The summed E-state index contributed by atoms with van der Waals surface area (Å²) >= 11 is 5.39. The minimum atomic E-state index is -4.18. The maximum Gasteiger partial charge on any atom is 0.392 e. The van der Waals surface area contributed by atoms with Crippen molar-refractivity contribution in [3.63, 3.8) is 0 Å². The van der Waals surface area contributed by atoms with Crippen molar-refractivity contribution in [1.29, 1.82) is 0 Å². The number of hydrogen-bond acceptors (Lipinski definition) is 2. The van der Waals surface area contributed by atoms with Crippen molar-refractivity contribution in [1.82, 2.24) is 9.97 Å². The minimum Gasteiger partial charge on any atom is -0.226 e. The van der Waals surface area contributed by atoms with Crippen molar-refractivity contribution in [3.05, 3.63) is 29.3 Å². The Balaban J connectivity index is 2.57. The Hall–Kier alpha value is -1.10. The fourth-order valence-corrected chi connectivity index (χ4v) is 0.835. The van der Waals surface area contributed by atoms with Gasteiger partial charge in [0.2, 0.25) is 5.28 Å². The summed E-state index contributed by atoms with van der Waals surface area (Å²) < 4.78 is 35.2. The van der Waals surface area contributed by atoms with Crippen molar-refractivity contribution in [3.8, 4) is 0 Å². The van der Waals surface area contributed by atoms with E-state index < -0.39 is 12.6 Å². The van der Waals surface area contributed by atoms with Gasteiger partial charge in [-0.3, -0.25) is 0 Å². The number of nitrogens with zero attached hydrogens (tertiary/aromatic N) is 2. The fourth-order valence-electron chi connectivity index (χ4n) is 0.737. The van der Waals surface area contributed by atoms with Crippen LogP contribution in [0.4, 0.5) is 13.2 Å². The highest BCUT2D eigenvalue weighted by atomic mass is 35.5. The molecule has 0 spiro atoms. The standard InChI is InChI=1S/C8H6ClF3N2/c9-7-13-4-6(5-14-7)2-1-3-8(10,11)12/h1-2,4-5H,3H2/b2-1+. The molecular weight excluding hydrogens is 217 g/mol. The molecule has 0 radical (unpaired) electrons. The zero-order valence-corrected chi connectivity index (χ0v) is 7.68. The molecule has 1 aromatic rings. The predicted octanol–water partition coefficient (Wildman–Crippen LogP) is 3.10. The van der Waals surface area contributed by atoms with Crippen LogP contribution < -0.4 is 0 Å². The Kier molecular flexibility index (Phi) is 3.46. The molecule has 76 valence electrons. The average molecular weight is 223 g/mol. The van der Waals surface area contributed by atoms with Crippen molar-refractivity contribution < 1.29 is 13.2 Å². The summed E-state index contributed by atoms with van der Waals surface area (Å²) in [5.74, 6) is 0. The third-order valence-corrected chi connectivity index (χ3v) is 1.50. The van der Waals surface area contributed by atoms with Gasteiger partial charge in [0.15, 0.2) is 0 Å². The van der Waals surface area contributed by atoms with Gasteiger partial charge in [-0.2, -0.15) is 13.2 Å². The van der Waals surface area contributed by atoms with Gasteiger partial charge in [-0.25, -0.2) is 9.97 Å². The summed E-state index contributed by atoms with van der Waals surface area (Å²) in [5.41, 5.74) is 0.485. The molecule has 0 aliphatic heterocycles. The van der Waals surface area contributed by atoms with Crippen LogP contribution in [-0.2, 0) is 0 Å². The van der Waals surface area contributed by atoms with Gasteiger partial charge in [0.25, 0.3) is 0 Å². The molecule has 0 atom stereocenters. The van der Waals surface area contributed by atoms with Crippen LogP contribution in [0.1, 0.15) is 12.0 Å². The summed E-state index contributed by atoms with van der Waals surface area (Å²) in [5, 5.41) is 0.0676. The van der Waals surface area contributed by atoms with E-state index in [1.165, 1.54) is 18.5 Å². The van der Waals surface area contributed by atoms with Crippen molar-refractivity contribution in [2.24, 2.45) is 0 Å². The molecule has 0 aliphatic carbocycles. The first-order valence-corrected chi connectivity index (χ1v) is 4.06. The summed E-state index contributed by atoms with van der Waals surface area (Å²) in [6.45, 7) is 0. The second kappa shape index (κ2) is 4.41. The number of allylic oxidation sites excluding steroid dienone is 1. The second-order valence-corrected chi connectivity index (χ2v) is 2.85. The van der Waals surface area contributed by atoms with Gasteiger partial charge in [0.05, 0.1) is 6.42 Å². The highest BCUT2D eigenvalue weighted by molar-refractivity contribution is 6.28. The van der Waals surface area contributed by atoms with E-state index in [-0.39, 0.29) is 5.28 Å². The third-order valence-electron chi connectivity index (χ3n) is 1.30. The first-order valence-electron chi connectivity index (χ1n) is 3.68. The van der Waals surface area contributed by atoms with Gasteiger partial charge in [-0.15, -0.1) is 0 Å². The summed E-state index contributed by atoms with van der Waals surface area (Å²) in [6, 6.07) is 0. The Morgan fingerprint density at radius 1 is 1.29 bits per heavy atom. The Bertz CT molecular complexity index is 318. The Morgan fingerprint density at radius 3 is 2.36 bits per heavy atom. The van der Waals surface area contributed by atoms with Gasteiger partial charge in [0, 0.05) is 18.0 Å². The van der Waals surface area contributed by atoms with Crippen molar-refractivity contribution in [2.75, 3.05) is 0 Å². The molecule has 14 heavy (non-hydrogen) atoms. The molecule has 2 nitrogen and oxygen atoms in total. The summed E-state index contributed by atoms with van der Waals surface area (Å²) in [7, 11) is 0. The van der Waals surface area contributed by atoms with Crippen LogP contribution in [0.3, 0.4) is 0 Å². The predicted molar refractivity (Wildman–Crippen MR) is 46.7 cm³/mol. The van der Waals surface area contributed by atoms with E-state index in [0.717, 1.165) is 6.08 Å². The normalized spacial score (nSPS) is 12.3. The van der Waals surface area contributed by atoms with Crippen LogP contribution in [0.2, 0.25) is 5.28 Å². The molecule has 1 heterocycles. The quantitative estimate of drug-likeness (QED) is 0.719. The minimum absolute atomic E-state index is 0.0676. The Labute approximate surface area is 83.4 Å². The van der Waals surface area contributed by atoms with E-state index in [9.17, 15) is 13.2 Å². The lowest BCUT2D eigenvalue weighted by Gasteiger charge is -1.99. The number of aromatic nitrogens is 2. The van der Waals surface area contributed by atoms with Gasteiger partial charge in [-0.1, -0.05) is 12.2 Å². The summed E-state index contributed by atoms with van der Waals surface area (Å²) in [4.78, 5) is 7.23. The van der Waals surface area contributed by atoms with Crippen LogP contribution >= 0.6 is 11.6 Å². The molecule has 6 heteroatoms.